The summed E-state index contributed by atoms with van der Waals surface area (Å²) < 4.78 is 0. The van der Waals surface area contributed by atoms with Gasteiger partial charge in [0.15, 0.2) is 0 Å². The summed E-state index contributed by atoms with van der Waals surface area (Å²) in [5.74, 6) is 0. The van der Waals surface area contributed by atoms with Gasteiger partial charge in [-0.15, -0.1) is 0 Å². The van der Waals surface area contributed by atoms with Crippen LogP contribution in [0.4, 0.5) is 0 Å². The minimum absolute atomic E-state index is 0.0281. The first-order valence-electron chi connectivity index (χ1n) is 10.7. The van der Waals surface area contributed by atoms with E-state index in [-0.39, 0.29) is 6.10 Å². The Morgan fingerprint density at radius 3 is 1.13 bits per heavy atom. The summed E-state index contributed by atoms with van der Waals surface area (Å²) in [6.45, 7) is 0. The van der Waals surface area contributed by atoms with Crippen molar-refractivity contribution < 1.29 is 5.11 Å². The summed E-state index contributed by atoms with van der Waals surface area (Å²) in [6.07, 6.45) is 29.8. The second kappa shape index (κ2) is 16.6. The lowest BCUT2D eigenvalue weighted by atomic mass is 10.0. The molecule has 0 aromatic rings. The Morgan fingerprint density at radius 2 is 0.739 bits per heavy atom. The van der Waals surface area contributed by atoms with Crippen molar-refractivity contribution in [1.82, 2.24) is 0 Å². The molecule has 23 heavy (non-hydrogen) atoms. The number of aliphatic hydroxyl groups excluding tert-OH is 1. The molecule has 0 saturated heterocycles. The van der Waals surface area contributed by atoms with Crippen LogP contribution < -0.4 is 0 Å². The van der Waals surface area contributed by atoms with E-state index >= 15 is 0 Å². The lowest BCUT2D eigenvalue weighted by molar-refractivity contribution is 0.147. The minimum atomic E-state index is -0.0281. The van der Waals surface area contributed by atoms with E-state index in [0.29, 0.717) is 0 Å². The van der Waals surface area contributed by atoms with Gasteiger partial charge in [0.25, 0.3) is 0 Å². The molecule has 1 aliphatic rings. The van der Waals surface area contributed by atoms with Crippen LogP contribution in [0.5, 0.6) is 0 Å². The molecule has 1 nitrogen and oxygen atoms in total. The van der Waals surface area contributed by atoms with Crippen molar-refractivity contribution in [3.63, 3.8) is 0 Å². The highest BCUT2D eigenvalue weighted by Crippen LogP contribution is 2.15. The van der Waals surface area contributed by atoms with Crippen molar-refractivity contribution in [2.75, 3.05) is 0 Å². The van der Waals surface area contributed by atoms with Crippen molar-refractivity contribution in [3.8, 4) is 0 Å². The third-order valence-electron chi connectivity index (χ3n) is 5.23. The van der Waals surface area contributed by atoms with Crippen molar-refractivity contribution in [2.24, 2.45) is 0 Å². The molecule has 0 spiro atoms. The summed E-state index contributed by atoms with van der Waals surface area (Å²) in [5.41, 5.74) is 0. The smallest absolute Gasteiger partial charge is 0.0540 e. The molecule has 1 N–H and O–H groups in total. The average Bonchev–Trinajstić information content (AvgIpc) is 2.55. The largest absolute Gasteiger partial charge is 0.393 e. The van der Waals surface area contributed by atoms with Crippen LogP contribution in [0.15, 0.2) is 12.2 Å². The fourth-order valence-electron chi connectivity index (χ4n) is 3.61. The van der Waals surface area contributed by atoms with Gasteiger partial charge in [0.2, 0.25) is 0 Å². The maximum absolute atomic E-state index is 10.0. The number of hydrogen-bond acceptors (Lipinski definition) is 1. The lowest BCUT2D eigenvalue weighted by Gasteiger charge is -2.10. The third kappa shape index (κ3) is 15.0. The van der Waals surface area contributed by atoms with Gasteiger partial charge in [-0.2, -0.15) is 0 Å². The van der Waals surface area contributed by atoms with E-state index in [4.69, 9.17) is 0 Å². The maximum Gasteiger partial charge on any atom is 0.0540 e. The zero-order chi connectivity index (χ0) is 16.4. The first-order chi connectivity index (χ1) is 11.4. The second-order valence-electron chi connectivity index (χ2n) is 7.58. The van der Waals surface area contributed by atoms with E-state index < -0.39 is 0 Å². The molecule has 0 aliphatic heterocycles. The maximum atomic E-state index is 10.0. The van der Waals surface area contributed by atoms with Gasteiger partial charge in [-0.3, -0.25) is 0 Å². The molecule has 0 fully saturated rings. The normalized spacial score (nSPS) is 27.4. The van der Waals surface area contributed by atoms with Crippen LogP contribution in [0.1, 0.15) is 122 Å². The molecule has 0 aromatic heterocycles. The fourth-order valence-corrected chi connectivity index (χ4v) is 3.61. The number of rotatable bonds is 0. The van der Waals surface area contributed by atoms with Crippen molar-refractivity contribution in [3.05, 3.63) is 12.2 Å². The SMILES string of the molecule is OC1CCCCCCCCC/C=C\CCCCCCCCCC1. The van der Waals surface area contributed by atoms with E-state index in [9.17, 15) is 5.11 Å². The van der Waals surface area contributed by atoms with Crippen LogP contribution in [0.25, 0.3) is 0 Å². The highest BCUT2D eigenvalue weighted by Gasteiger charge is 2.03. The van der Waals surface area contributed by atoms with E-state index in [1.807, 2.05) is 0 Å². The molecule has 0 aromatic carbocycles. The van der Waals surface area contributed by atoms with Crippen LogP contribution in [0.2, 0.25) is 0 Å². The molecule has 1 aliphatic carbocycles. The summed E-state index contributed by atoms with van der Waals surface area (Å²) in [7, 11) is 0. The Kier molecular flexibility index (Phi) is 14.9. The van der Waals surface area contributed by atoms with Crippen LogP contribution in [-0.4, -0.2) is 11.2 Å². The molecule has 0 amide bonds. The van der Waals surface area contributed by atoms with Gasteiger partial charge >= 0.3 is 0 Å². The number of allylic oxidation sites excluding steroid dienone is 2. The number of aliphatic hydroxyl groups is 1. The zero-order valence-corrected chi connectivity index (χ0v) is 15.6. The van der Waals surface area contributed by atoms with Crippen molar-refractivity contribution in [2.45, 2.75) is 128 Å². The summed E-state index contributed by atoms with van der Waals surface area (Å²) >= 11 is 0. The van der Waals surface area contributed by atoms with Gasteiger partial charge in [-0.25, -0.2) is 0 Å². The van der Waals surface area contributed by atoms with E-state index in [1.165, 1.54) is 109 Å². The van der Waals surface area contributed by atoms with Crippen molar-refractivity contribution >= 4 is 0 Å². The highest BCUT2D eigenvalue weighted by atomic mass is 16.3. The first-order valence-corrected chi connectivity index (χ1v) is 10.7. The van der Waals surface area contributed by atoms with Crippen molar-refractivity contribution in [1.29, 1.82) is 0 Å². The van der Waals surface area contributed by atoms with Gasteiger partial charge in [0.1, 0.15) is 0 Å². The van der Waals surface area contributed by atoms with E-state index in [2.05, 4.69) is 12.2 Å². The van der Waals surface area contributed by atoms with Gasteiger partial charge in [-0.05, 0) is 38.5 Å². The van der Waals surface area contributed by atoms with Crippen LogP contribution >= 0.6 is 0 Å². The monoisotopic (exact) mass is 322 g/mol. The molecular weight excluding hydrogens is 280 g/mol. The second-order valence-corrected chi connectivity index (χ2v) is 7.58. The molecule has 0 heterocycles. The average molecular weight is 323 g/mol. The Bertz CT molecular complexity index is 259. The Hall–Kier alpha value is -0.300. The topological polar surface area (TPSA) is 20.2 Å². The van der Waals surface area contributed by atoms with Gasteiger partial charge in [0.05, 0.1) is 6.10 Å². The zero-order valence-electron chi connectivity index (χ0n) is 15.6. The van der Waals surface area contributed by atoms with E-state index in [0.717, 1.165) is 12.8 Å². The molecule has 1 unspecified atom stereocenters. The highest BCUT2D eigenvalue weighted by molar-refractivity contribution is 4.81. The Morgan fingerprint density at radius 1 is 0.435 bits per heavy atom. The van der Waals surface area contributed by atoms with Crippen LogP contribution in [0.3, 0.4) is 0 Å². The molecule has 1 rings (SSSR count). The van der Waals surface area contributed by atoms with E-state index in [1.54, 1.807) is 0 Å². The molecule has 0 bridgehead atoms. The first kappa shape index (κ1) is 20.7. The predicted octanol–water partition coefficient (Wildman–Crippen LogP) is 7.33. The lowest BCUT2D eigenvalue weighted by Crippen LogP contribution is -2.05. The number of hydrogen-bond donors (Lipinski definition) is 1. The quantitative estimate of drug-likeness (QED) is 0.463. The molecule has 1 heteroatoms. The molecular formula is C22H42O. The van der Waals surface area contributed by atoms with Gasteiger partial charge in [0, 0.05) is 0 Å². The predicted molar refractivity (Wildman–Crippen MR) is 103 cm³/mol. The molecule has 0 saturated carbocycles. The molecule has 136 valence electrons. The minimum Gasteiger partial charge on any atom is -0.393 e. The van der Waals surface area contributed by atoms with Crippen LogP contribution in [-0.2, 0) is 0 Å². The molecule has 1 atom stereocenters. The summed E-state index contributed by atoms with van der Waals surface area (Å²) in [6, 6.07) is 0. The van der Waals surface area contributed by atoms with Gasteiger partial charge < -0.3 is 5.11 Å². The van der Waals surface area contributed by atoms with Crippen LogP contribution in [0, 0.1) is 0 Å². The fraction of sp³-hybridized carbons (Fsp3) is 0.909. The molecule has 0 radical (unpaired) electrons. The van der Waals surface area contributed by atoms with Gasteiger partial charge in [-0.1, -0.05) is 95.6 Å². The Labute approximate surface area is 146 Å². The summed E-state index contributed by atoms with van der Waals surface area (Å²) in [5, 5.41) is 10.0. The standard InChI is InChI=1S/C22H42O/c23-22-20-18-16-14-12-10-8-6-4-2-1-3-5-7-9-11-13-15-17-19-21-22/h1-2,22-23H,3-21H2/b2-1-. The summed E-state index contributed by atoms with van der Waals surface area (Å²) in [4.78, 5) is 0. The Balaban J connectivity index is 2.12. The third-order valence-corrected chi connectivity index (χ3v) is 5.23.